The fraction of sp³-hybridized carbons (Fsp3) is 0.417. The van der Waals surface area contributed by atoms with E-state index in [2.05, 4.69) is 15.3 Å². The van der Waals surface area contributed by atoms with Gasteiger partial charge in [0.25, 0.3) is 11.8 Å². The number of carbonyl (C=O) groups excluding carboxylic acids is 2. The van der Waals surface area contributed by atoms with E-state index in [0.29, 0.717) is 42.0 Å². The van der Waals surface area contributed by atoms with Crippen LogP contribution in [0.4, 0.5) is 24.8 Å². The second-order valence-electron chi connectivity index (χ2n) is 8.71. The van der Waals surface area contributed by atoms with Crippen LogP contribution in [0.1, 0.15) is 40.0 Å². The van der Waals surface area contributed by atoms with Crippen LogP contribution in [0.25, 0.3) is 11.2 Å². The summed E-state index contributed by atoms with van der Waals surface area (Å²) in [6.07, 6.45) is -2.12. The smallest absolute Gasteiger partial charge is 0.393 e. The Morgan fingerprint density at radius 3 is 2.78 bits per heavy atom. The molecule has 0 radical (unpaired) electrons. The molecule has 0 bridgehead atoms. The predicted molar refractivity (Wildman–Crippen MR) is 128 cm³/mol. The number of nitrogen functional groups attached to an aromatic ring is 1. The number of fused-ring (bicyclic) bond motifs is 1. The fourth-order valence-electron chi connectivity index (χ4n) is 4.27. The summed E-state index contributed by atoms with van der Waals surface area (Å²) in [6.45, 7) is 0.758. The number of amides is 2. The van der Waals surface area contributed by atoms with Crippen molar-refractivity contribution in [2.75, 3.05) is 37.9 Å². The molecule has 3 heterocycles. The molecule has 0 spiro atoms. The summed E-state index contributed by atoms with van der Waals surface area (Å²) in [7, 11) is 1.58. The number of hydrogen-bond acceptors (Lipinski definition) is 6. The molecule has 1 aliphatic rings. The van der Waals surface area contributed by atoms with Gasteiger partial charge in [0.2, 0.25) is 5.95 Å². The van der Waals surface area contributed by atoms with Gasteiger partial charge in [0.15, 0.2) is 5.65 Å². The molecule has 1 fully saturated rings. The zero-order valence-corrected chi connectivity index (χ0v) is 19.7. The number of rotatable bonds is 7. The first-order valence-electron chi connectivity index (χ1n) is 11.6. The van der Waals surface area contributed by atoms with Crippen molar-refractivity contribution in [2.45, 2.75) is 32.0 Å². The highest BCUT2D eigenvalue weighted by molar-refractivity contribution is 6.04. The number of hydrogen-bond donors (Lipinski definition) is 2. The molecule has 2 amide bonds. The zero-order valence-electron chi connectivity index (χ0n) is 19.7. The maximum atomic E-state index is 13.2. The van der Waals surface area contributed by atoms with E-state index in [1.54, 1.807) is 29.9 Å². The lowest BCUT2D eigenvalue weighted by Gasteiger charge is -2.33. The number of imidazole rings is 1. The first-order chi connectivity index (χ1) is 17.2. The number of methoxy groups -OCH3 is 1. The molecule has 36 heavy (non-hydrogen) atoms. The van der Waals surface area contributed by atoms with Gasteiger partial charge >= 0.3 is 6.18 Å². The Morgan fingerprint density at radius 1 is 1.25 bits per heavy atom. The van der Waals surface area contributed by atoms with Crippen LogP contribution >= 0.6 is 0 Å². The molecular formula is C24H27F3N6O3. The highest BCUT2D eigenvalue weighted by atomic mass is 19.4. The minimum absolute atomic E-state index is 0.00652. The number of pyridine rings is 1. The van der Waals surface area contributed by atoms with E-state index in [1.165, 1.54) is 23.2 Å². The van der Waals surface area contributed by atoms with E-state index in [-0.39, 0.29) is 37.4 Å². The number of nitrogens with zero attached hydrogens (tertiary/aromatic N) is 4. The van der Waals surface area contributed by atoms with Gasteiger partial charge in [-0.25, -0.2) is 9.97 Å². The highest BCUT2D eigenvalue weighted by Gasteiger charge is 2.42. The van der Waals surface area contributed by atoms with Crippen molar-refractivity contribution in [3.63, 3.8) is 0 Å². The number of nitrogens with two attached hydrogens (primary N) is 1. The summed E-state index contributed by atoms with van der Waals surface area (Å²) in [5, 5.41) is 2.76. The van der Waals surface area contributed by atoms with Gasteiger partial charge in [-0.15, -0.1) is 0 Å². The molecule has 1 aromatic carbocycles. The molecule has 1 aliphatic heterocycles. The summed E-state index contributed by atoms with van der Waals surface area (Å²) >= 11 is 0. The third-order valence-electron chi connectivity index (χ3n) is 6.11. The highest BCUT2D eigenvalue weighted by Crippen LogP contribution is 2.33. The monoisotopic (exact) mass is 504 g/mol. The van der Waals surface area contributed by atoms with Gasteiger partial charge in [-0.2, -0.15) is 13.2 Å². The van der Waals surface area contributed by atoms with Gasteiger partial charge in [-0.3, -0.25) is 19.5 Å². The third kappa shape index (κ3) is 5.59. The van der Waals surface area contributed by atoms with Gasteiger partial charge in [0.05, 0.1) is 11.5 Å². The van der Waals surface area contributed by atoms with Crippen molar-refractivity contribution in [1.82, 2.24) is 19.4 Å². The van der Waals surface area contributed by atoms with Crippen molar-refractivity contribution in [3.05, 3.63) is 47.7 Å². The molecule has 3 aromatic rings. The molecule has 9 nitrogen and oxygen atoms in total. The Hall–Kier alpha value is -3.67. The van der Waals surface area contributed by atoms with Crippen molar-refractivity contribution in [1.29, 1.82) is 0 Å². The molecule has 0 saturated carbocycles. The van der Waals surface area contributed by atoms with Crippen LogP contribution in [0.2, 0.25) is 0 Å². The first-order valence-corrected chi connectivity index (χ1v) is 11.6. The second-order valence-corrected chi connectivity index (χ2v) is 8.71. The number of halogens is 3. The van der Waals surface area contributed by atoms with Crippen molar-refractivity contribution >= 4 is 34.6 Å². The summed E-state index contributed by atoms with van der Waals surface area (Å²) < 4.78 is 46.4. The molecular weight excluding hydrogens is 477 g/mol. The summed E-state index contributed by atoms with van der Waals surface area (Å²) in [4.78, 5) is 35.9. The molecule has 2 aromatic heterocycles. The van der Waals surface area contributed by atoms with E-state index in [0.717, 1.165) is 0 Å². The SMILES string of the molecule is COCCCn1c(NC(=O)c2cccc(N)c2)nc2cc(C(=O)N3CCCC(C(F)(F)F)C3)cnc21. The molecule has 1 atom stereocenters. The molecule has 1 unspecified atom stereocenters. The lowest BCUT2D eigenvalue weighted by Crippen LogP contribution is -2.44. The van der Waals surface area contributed by atoms with Crippen LogP contribution in [0.15, 0.2) is 36.5 Å². The quantitative estimate of drug-likeness (QED) is 0.374. The number of piperidine rings is 1. The lowest BCUT2D eigenvalue weighted by molar-refractivity contribution is -0.184. The molecule has 4 rings (SSSR count). The zero-order chi connectivity index (χ0) is 25.9. The number of alkyl halides is 3. The molecule has 3 N–H and O–H groups in total. The fourth-order valence-corrected chi connectivity index (χ4v) is 4.27. The average Bonchev–Trinajstić information content (AvgIpc) is 3.19. The number of anilines is 2. The lowest BCUT2D eigenvalue weighted by atomic mass is 9.97. The van der Waals surface area contributed by atoms with Crippen molar-refractivity contribution in [3.8, 4) is 0 Å². The van der Waals surface area contributed by atoms with Gasteiger partial charge in [-0.05, 0) is 43.5 Å². The number of benzene rings is 1. The van der Waals surface area contributed by atoms with Gasteiger partial charge in [-0.1, -0.05) is 6.07 Å². The summed E-state index contributed by atoms with van der Waals surface area (Å²) in [6, 6.07) is 7.97. The first kappa shape index (κ1) is 25.4. The normalized spacial score (nSPS) is 16.3. The van der Waals surface area contributed by atoms with Gasteiger partial charge in [0, 0.05) is 50.8 Å². The van der Waals surface area contributed by atoms with Gasteiger partial charge < -0.3 is 15.4 Å². The summed E-state index contributed by atoms with van der Waals surface area (Å²) in [5.74, 6) is -2.27. The van der Waals surface area contributed by atoms with Crippen molar-refractivity contribution < 1.29 is 27.5 Å². The Morgan fingerprint density at radius 2 is 2.06 bits per heavy atom. The minimum Gasteiger partial charge on any atom is -0.399 e. The number of carbonyl (C=O) groups is 2. The number of aromatic nitrogens is 3. The average molecular weight is 505 g/mol. The van der Waals surface area contributed by atoms with E-state index < -0.39 is 23.9 Å². The number of ether oxygens (including phenoxy) is 1. The molecule has 0 aliphatic carbocycles. The van der Waals surface area contributed by atoms with Crippen LogP contribution in [0.5, 0.6) is 0 Å². The van der Waals surface area contributed by atoms with E-state index in [1.807, 2.05) is 0 Å². The number of likely N-dealkylation sites (tertiary alicyclic amines) is 1. The number of nitrogens with one attached hydrogen (secondary N) is 1. The van der Waals surface area contributed by atoms with Gasteiger partial charge in [0.1, 0.15) is 5.52 Å². The van der Waals surface area contributed by atoms with Crippen LogP contribution in [0.3, 0.4) is 0 Å². The Balaban J connectivity index is 1.62. The summed E-state index contributed by atoms with van der Waals surface area (Å²) in [5.41, 5.74) is 7.47. The maximum Gasteiger partial charge on any atom is 0.393 e. The predicted octanol–water partition coefficient (Wildman–Crippen LogP) is 3.72. The Labute approximate surface area is 205 Å². The molecule has 1 saturated heterocycles. The maximum absolute atomic E-state index is 13.2. The molecule has 192 valence electrons. The van der Waals surface area contributed by atoms with Crippen LogP contribution in [0, 0.1) is 5.92 Å². The molecule has 12 heteroatoms. The van der Waals surface area contributed by atoms with E-state index >= 15 is 0 Å². The third-order valence-corrected chi connectivity index (χ3v) is 6.11. The van der Waals surface area contributed by atoms with Crippen LogP contribution in [-0.4, -0.2) is 64.2 Å². The number of aryl methyl sites for hydroxylation is 1. The van der Waals surface area contributed by atoms with E-state index in [4.69, 9.17) is 10.5 Å². The van der Waals surface area contributed by atoms with Crippen LogP contribution < -0.4 is 11.1 Å². The van der Waals surface area contributed by atoms with Crippen molar-refractivity contribution in [2.24, 2.45) is 5.92 Å². The van der Waals surface area contributed by atoms with E-state index in [9.17, 15) is 22.8 Å². The Bertz CT molecular complexity index is 1260. The van der Waals surface area contributed by atoms with Crippen LogP contribution in [-0.2, 0) is 11.3 Å². The second kappa shape index (κ2) is 10.5. The Kier molecular flexibility index (Phi) is 7.43. The topological polar surface area (TPSA) is 115 Å². The minimum atomic E-state index is -4.35. The largest absolute Gasteiger partial charge is 0.399 e. The standard InChI is InChI=1S/C24H27F3N6O3/c1-36-10-4-9-33-20-19(30-23(33)31-21(34)15-5-2-7-18(28)11-15)12-16(13-29-20)22(35)32-8-3-6-17(14-32)24(25,26)27/h2,5,7,11-13,17H,3-4,6,8-10,14,28H2,1H3,(H,30,31,34).